The van der Waals surface area contributed by atoms with Gasteiger partial charge in [0.05, 0.1) is 12.6 Å². The van der Waals surface area contributed by atoms with Crippen molar-refractivity contribution in [2.45, 2.75) is 12.5 Å². The molecule has 0 aliphatic carbocycles. The fourth-order valence-electron chi connectivity index (χ4n) is 3.34. The molecule has 1 atom stereocenters. The first-order valence-electron chi connectivity index (χ1n) is 8.73. The zero-order chi connectivity index (χ0) is 18.8. The summed E-state index contributed by atoms with van der Waals surface area (Å²) in [6.07, 6.45) is 4.53. The van der Waals surface area contributed by atoms with Crippen molar-refractivity contribution in [1.82, 2.24) is 15.3 Å². The molecule has 0 unspecified atom stereocenters. The number of hydrogen-bond acceptors (Lipinski definition) is 3. The summed E-state index contributed by atoms with van der Waals surface area (Å²) in [5, 5.41) is 14.1. The monoisotopic (exact) mass is 382 g/mol. The topological polar surface area (TPSA) is 93.3 Å². The van der Waals surface area contributed by atoms with Gasteiger partial charge in [0.1, 0.15) is 11.2 Å². The van der Waals surface area contributed by atoms with E-state index in [-0.39, 0.29) is 12.5 Å². The van der Waals surface area contributed by atoms with Gasteiger partial charge in [-0.2, -0.15) is 0 Å². The zero-order valence-electron chi connectivity index (χ0n) is 14.5. The number of nitrogens with zero attached hydrogens (tertiary/aromatic N) is 1. The summed E-state index contributed by atoms with van der Waals surface area (Å²) in [5.41, 5.74) is 4.21. The molecule has 27 heavy (non-hydrogen) atoms. The lowest BCUT2D eigenvalue weighted by Gasteiger charge is -2.16. The number of aromatic amines is 2. The van der Waals surface area contributed by atoms with Gasteiger partial charge in [-0.1, -0.05) is 23.7 Å². The van der Waals surface area contributed by atoms with E-state index in [2.05, 4.69) is 20.3 Å². The smallest absolute Gasteiger partial charge is 0.268 e. The maximum Gasteiger partial charge on any atom is 0.268 e. The lowest BCUT2D eigenvalue weighted by Crippen LogP contribution is -2.31. The van der Waals surface area contributed by atoms with Crippen LogP contribution in [0.3, 0.4) is 0 Å². The molecule has 1 aromatic carbocycles. The molecule has 4 N–H and O–H groups in total. The fraction of sp³-hybridized carbons (Fsp3) is 0.200. The number of H-pyrrole nitrogens is 2. The summed E-state index contributed by atoms with van der Waals surface area (Å²) in [7, 11) is 0. The fourth-order valence-corrected chi connectivity index (χ4v) is 3.54. The van der Waals surface area contributed by atoms with Crippen LogP contribution in [0.2, 0.25) is 5.02 Å². The highest BCUT2D eigenvalue weighted by molar-refractivity contribution is 6.30. The first-order valence-corrected chi connectivity index (χ1v) is 9.10. The van der Waals surface area contributed by atoms with Crippen LogP contribution in [0, 0.1) is 0 Å². The van der Waals surface area contributed by atoms with Gasteiger partial charge in [0, 0.05) is 29.2 Å². The number of amides is 1. The van der Waals surface area contributed by atoms with Gasteiger partial charge in [-0.15, -0.1) is 0 Å². The van der Waals surface area contributed by atoms with Crippen LogP contribution in [0.25, 0.3) is 5.57 Å². The normalized spacial score (nSPS) is 14.4. The second-order valence-electron chi connectivity index (χ2n) is 6.42. The third-order valence-corrected chi connectivity index (χ3v) is 4.93. The average molecular weight is 383 g/mol. The zero-order valence-corrected chi connectivity index (χ0v) is 15.3. The quantitative estimate of drug-likeness (QED) is 0.540. The second-order valence-corrected chi connectivity index (χ2v) is 6.85. The lowest BCUT2D eigenvalue weighted by atomic mass is 10.0. The summed E-state index contributed by atoms with van der Waals surface area (Å²) in [6.45, 7) is 0.502. The molecular weight excluding hydrogens is 364 g/mol. The summed E-state index contributed by atoms with van der Waals surface area (Å²) < 4.78 is 0. The Kier molecular flexibility index (Phi) is 4.83. The van der Waals surface area contributed by atoms with Crippen molar-refractivity contribution in [3.05, 3.63) is 81.3 Å². The SMILES string of the molecule is O=C(N[C@H](CO)c1cccc(Cl)c1)c1cc(C2=c3cc[nH]c3=NCC2)c[nH]1. The van der Waals surface area contributed by atoms with Gasteiger partial charge in [0.25, 0.3) is 5.91 Å². The van der Waals surface area contributed by atoms with Crippen LogP contribution in [-0.4, -0.2) is 34.1 Å². The number of fused-ring (bicyclic) bond motifs is 1. The third kappa shape index (κ3) is 3.54. The molecule has 1 aliphatic rings. The number of nitrogens with one attached hydrogen (secondary N) is 3. The molecular formula is C20H19ClN4O2. The average Bonchev–Trinajstić information content (AvgIpc) is 3.35. The van der Waals surface area contributed by atoms with E-state index < -0.39 is 6.04 Å². The maximum atomic E-state index is 12.6. The van der Waals surface area contributed by atoms with Gasteiger partial charge in [-0.3, -0.25) is 9.79 Å². The summed E-state index contributed by atoms with van der Waals surface area (Å²) in [5.74, 6) is -0.282. The van der Waals surface area contributed by atoms with Crippen LogP contribution in [-0.2, 0) is 0 Å². The Morgan fingerprint density at radius 1 is 1.30 bits per heavy atom. The van der Waals surface area contributed by atoms with E-state index in [4.69, 9.17) is 11.6 Å². The van der Waals surface area contributed by atoms with Gasteiger partial charge in [0.15, 0.2) is 0 Å². The summed E-state index contributed by atoms with van der Waals surface area (Å²) in [4.78, 5) is 23.3. The highest BCUT2D eigenvalue weighted by Crippen LogP contribution is 2.20. The van der Waals surface area contributed by atoms with E-state index in [9.17, 15) is 9.90 Å². The molecule has 4 rings (SSSR count). The van der Waals surface area contributed by atoms with E-state index in [1.807, 2.05) is 30.6 Å². The number of halogens is 1. The molecule has 6 nitrogen and oxygen atoms in total. The van der Waals surface area contributed by atoms with Crippen LogP contribution in [0.5, 0.6) is 0 Å². The molecule has 0 spiro atoms. The van der Waals surface area contributed by atoms with Gasteiger partial charge in [-0.05, 0) is 47.4 Å². The van der Waals surface area contributed by atoms with E-state index in [0.29, 0.717) is 10.7 Å². The van der Waals surface area contributed by atoms with Gasteiger partial charge in [-0.25, -0.2) is 0 Å². The number of hydrogen-bond donors (Lipinski definition) is 4. The second kappa shape index (κ2) is 7.42. The highest BCUT2D eigenvalue weighted by Gasteiger charge is 2.18. The van der Waals surface area contributed by atoms with Crippen molar-refractivity contribution in [3.63, 3.8) is 0 Å². The van der Waals surface area contributed by atoms with Crippen LogP contribution in [0.4, 0.5) is 0 Å². The molecule has 7 heteroatoms. The molecule has 2 aromatic heterocycles. The van der Waals surface area contributed by atoms with Crippen molar-refractivity contribution in [1.29, 1.82) is 0 Å². The molecule has 0 bridgehead atoms. The van der Waals surface area contributed by atoms with E-state index in [0.717, 1.165) is 40.4 Å². The van der Waals surface area contributed by atoms with Crippen LogP contribution in [0.1, 0.15) is 34.1 Å². The third-order valence-electron chi connectivity index (χ3n) is 4.70. The molecule has 0 saturated heterocycles. The Morgan fingerprint density at radius 3 is 3.00 bits per heavy atom. The predicted molar refractivity (Wildman–Crippen MR) is 103 cm³/mol. The number of carbonyl (C=O) groups is 1. The van der Waals surface area contributed by atoms with Crippen molar-refractivity contribution < 1.29 is 9.90 Å². The minimum atomic E-state index is -0.527. The molecule has 0 fully saturated rings. The Bertz CT molecular complexity index is 1100. The summed E-state index contributed by atoms with van der Waals surface area (Å²) in [6, 6.07) is 10.4. The van der Waals surface area contributed by atoms with Gasteiger partial charge >= 0.3 is 0 Å². The van der Waals surface area contributed by atoms with Crippen molar-refractivity contribution in [3.8, 4) is 0 Å². The standard InChI is InChI=1S/C20H19ClN4O2/c21-14-3-1-2-12(8-14)18(11-26)25-20(27)17-9-13(10-24-17)15-4-6-22-19-16(15)5-7-23-19/h1-3,5,7-10,18,24,26H,4,6,11H2,(H,22,23)(H,25,27)/t18-/m1/s1. The molecule has 0 radical (unpaired) electrons. The molecule has 0 saturated carbocycles. The molecule has 1 aliphatic heterocycles. The van der Waals surface area contributed by atoms with Crippen molar-refractivity contribution in [2.75, 3.05) is 13.2 Å². The number of carbonyl (C=O) groups excluding carboxylic acids is 1. The van der Waals surface area contributed by atoms with Crippen LogP contribution >= 0.6 is 11.6 Å². The van der Waals surface area contributed by atoms with Crippen LogP contribution < -0.4 is 16.0 Å². The first-order chi connectivity index (χ1) is 13.2. The first kappa shape index (κ1) is 17.6. The number of aliphatic hydroxyl groups is 1. The molecule has 138 valence electrons. The Balaban J connectivity index is 1.58. The highest BCUT2D eigenvalue weighted by atomic mass is 35.5. The number of aliphatic hydroxyl groups excluding tert-OH is 1. The van der Waals surface area contributed by atoms with Crippen molar-refractivity contribution in [2.24, 2.45) is 4.99 Å². The van der Waals surface area contributed by atoms with E-state index in [1.165, 1.54) is 0 Å². The minimum absolute atomic E-state index is 0.217. The maximum absolute atomic E-state index is 12.6. The number of aromatic nitrogens is 2. The summed E-state index contributed by atoms with van der Waals surface area (Å²) >= 11 is 6.01. The Morgan fingerprint density at radius 2 is 2.19 bits per heavy atom. The Hall–Kier alpha value is -2.83. The minimum Gasteiger partial charge on any atom is -0.394 e. The predicted octanol–water partition coefficient (Wildman–Crippen LogP) is 1.68. The van der Waals surface area contributed by atoms with Crippen LogP contribution in [0.15, 0.2) is 53.8 Å². The Labute approximate surface area is 160 Å². The van der Waals surface area contributed by atoms with E-state index >= 15 is 0 Å². The van der Waals surface area contributed by atoms with E-state index in [1.54, 1.807) is 18.2 Å². The molecule has 3 heterocycles. The number of benzene rings is 1. The molecule has 3 aromatic rings. The lowest BCUT2D eigenvalue weighted by molar-refractivity contribution is 0.0911. The van der Waals surface area contributed by atoms with Gasteiger partial charge in [0.2, 0.25) is 0 Å². The van der Waals surface area contributed by atoms with Crippen molar-refractivity contribution >= 4 is 23.1 Å². The molecule has 1 amide bonds. The largest absolute Gasteiger partial charge is 0.394 e. The van der Waals surface area contributed by atoms with Gasteiger partial charge < -0.3 is 20.4 Å². The number of rotatable bonds is 5.